The molecule has 0 aromatic heterocycles. The smallest absolute Gasteiger partial charge is 0.124 e. The van der Waals surface area contributed by atoms with Crippen LogP contribution in [-0.2, 0) is 27.4 Å². The number of hydrogen-bond acceptors (Lipinski definition) is 3. The van der Waals surface area contributed by atoms with Gasteiger partial charge in [0.2, 0.25) is 0 Å². The molecule has 0 heterocycles. The van der Waals surface area contributed by atoms with E-state index in [2.05, 4.69) is 137 Å². The van der Waals surface area contributed by atoms with E-state index in [1.807, 2.05) is 12.1 Å². The molecule has 0 radical (unpaired) electrons. The summed E-state index contributed by atoms with van der Waals surface area (Å²) in [5.41, 5.74) is 8.10. The van der Waals surface area contributed by atoms with Gasteiger partial charge < -0.3 is 4.55 Å². The van der Waals surface area contributed by atoms with Crippen LogP contribution in [0.3, 0.4) is 0 Å². The summed E-state index contributed by atoms with van der Waals surface area (Å²) in [7, 11) is -4.34. The Hall–Kier alpha value is -4.51. The average Bonchev–Trinajstić information content (AvgIpc) is 3.06. The van der Waals surface area contributed by atoms with Crippen LogP contribution in [0.15, 0.2) is 157 Å². The van der Waals surface area contributed by atoms with Crippen LogP contribution in [0.1, 0.15) is 61.1 Å². The van der Waals surface area contributed by atoms with Crippen LogP contribution in [0, 0.1) is 0 Å². The Bertz CT molecular complexity index is 1870. The van der Waals surface area contributed by atoms with E-state index in [1.54, 1.807) is 18.2 Å². The van der Waals surface area contributed by atoms with Crippen LogP contribution >= 0.6 is 0 Å². The second-order valence-electron chi connectivity index (χ2n) is 12.5. The molecule has 4 heteroatoms. The van der Waals surface area contributed by atoms with Crippen molar-refractivity contribution in [2.24, 2.45) is 0 Å². The summed E-state index contributed by atoms with van der Waals surface area (Å²) >= 11 is 0. The van der Waals surface area contributed by atoms with Crippen LogP contribution in [0.2, 0.25) is 0 Å². The van der Waals surface area contributed by atoms with Crippen molar-refractivity contribution in [3.8, 4) is 0 Å². The second kappa shape index (κ2) is 13.2. The van der Waals surface area contributed by atoms with Gasteiger partial charge in [-0.05, 0) is 62.7 Å². The van der Waals surface area contributed by atoms with Gasteiger partial charge in [0.15, 0.2) is 0 Å². The lowest BCUT2D eigenvalue weighted by Gasteiger charge is -2.26. The Morgan fingerprint density at radius 1 is 0.467 bits per heavy atom. The molecular weight excluding hydrogens is 573 g/mol. The van der Waals surface area contributed by atoms with E-state index >= 15 is 0 Å². The molecule has 0 saturated carbocycles. The first kappa shape index (κ1) is 31.9. The van der Waals surface area contributed by atoms with Crippen molar-refractivity contribution in [3.63, 3.8) is 0 Å². The molecular formula is C41H39O3S-. The Morgan fingerprint density at radius 2 is 0.844 bits per heavy atom. The first-order valence-corrected chi connectivity index (χ1v) is 16.6. The monoisotopic (exact) mass is 611 g/mol. The van der Waals surface area contributed by atoms with E-state index in [-0.39, 0.29) is 15.7 Å². The van der Waals surface area contributed by atoms with Crippen molar-refractivity contribution >= 4 is 20.9 Å². The molecule has 0 aliphatic heterocycles. The molecule has 6 rings (SSSR count). The Balaban J connectivity index is 0.000000238. The summed E-state index contributed by atoms with van der Waals surface area (Å²) in [4.78, 5) is -0.184. The van der Waals surface area contributed by atoms with Crippen molar-refractivity contribution in [1.82, 2.24) is 0 Å². The number of fused-ring (bicyclic) bond motifs is 1. The fourth-order valence-electron chi connectivity index (χ4n) is 5.68. The molecule has 228 valence electrons. The average molecular weight is 612 g/mol. The first-order chi connectivity index (χ1) is 21.4. The summed E-state index contributed by atoms with van der Waals surface area (Å²) in [6, 6.07) is 51.4. The standard InChI is InChI=1S/C31H32.C10H8O3S/c1-30(2,26-11-7-5-8-12-26)28-19-15-24(16-20-28)23-25-17-21-29(22-18-25)31(3,4)27-13-9-6-10-14-27;11-14(12,13)10-6-5-8-3-1-2-4-9(8)7-10/h5-22H,23H2,1-4H3;1-7H,(H,11,12,13)/p-1. The molecule has 0 saturated heterocycles. The molecule has 0 unspecified atom stereocenters. The maximum absolute atomic E-state index is 10.7. The van der Waals surface area contributed by atoms with Crippen molar-refractivity contribution in [1.29, 1.82) is 0 Å². The van der Waals surface area contributed by atoms with Crippen molar-refractivity contribution in [2.75, 3.05) is 0 Å². The zero-order valence-corrected chi connectivity index (χ0v) is 27.1. The summed E-state index contributed by atoms with van der Waals surface area (Å²) in [5, 5.41) is 1.67. The van der Waals surface area contributed by atoms with Gasteiger partial charge in [0.1, 0.15) is 10.1 Å². The largest absolute Gasteiger partial charge is 0.744 e. The Morgan fingerprint density at radius 3 is 1.27 bits per heavy atom. The third-order valence-corrected chi connectivity index (χ3v) is 9.59. The first-order valence-electron chi connectivity index (χ1n) is 15.2. The van der Waals surface area contributed by atoms with Gasteiger partial charge in [-0.25, -0.2) is 8.42 Å². The molecule has 0 fully saturated rings. The normalized spacial score (nSPS) is 11.9. The van der Waals surface area contributed by atoms with E-state index in [9.17, 15) is 13.0 Å². The third kappa shape index (κ3) is 7.59. The molecule has 45 heavy (non-hydrogen) atoms. The lowest BCUT2D eigenvalue weighted by Crippen LogP contribution is -2.18. The highest BCUT2D eigenvalue weighted by Gasteiger charge is 2.23. The van der Waals surface area contributed by atoms with Crippen LogP contribution < -0.4 is 0 Å². The highest BCUT2D eigenvalue weighted by Crippen LogP contribution is 2.33. The number of hydrogen-bond donors (Lipinski definition) is 0. The van der Waals surface area contributed by atoms with Crippen LogP contribution in [-0.4, -0.2) is 13.0 Å². The molecule has 0 atom stereocenters. The molecule has 3 nitrogen and oxygen atoms in total. The minimum atomic E-state index is -4.34. The van der Waals surface area contributed by atoms with Crippen molar-refractivity contribution in [2.45, 2.75) is 49.8 Å². The minimum Gasteiger partial charge on any atom is -0.744 e. The van der Waals surface area contributed by atoms with E-state index in [0.29, 0.717) is 0 Å². The molecule has 0 spiro atoms. The van der Waals surface area contributed by atoms with E-state index in [1.165, 1.54) is 45.5 Å². The van der Waals surface area contributed by atoms with Crippen LogP contribution in [0.5, 0.6) is 0 Å². The highest BCUT2D eigenvalue weighted by molar-refractivity contribution is 7.85. The van der Waals surface area contributed by atoms with Gasteiger partial charge in [0.05, 0.1) is 4.90 Å². The van der Waals surface area contributed by atoms with Gasteiger partial charge in [-0.3, -0.25) is 0 Å². The second-order valence-corrected chi connectivity index (χ2v) is 13.9. The fraction of sp³-hybridized carbons (Fsp3) is 0.171. The number of rotatable bonds is 7. The summed E-state index contributed by atoms with van der Waals surface area (Å²) in [6.45, 7) is 9.18. The lowest BCUT2D eigenvalue weighted by molar-refractivity contribution is 0.463. The van der Waals surface area contributed by atoms with E-state index < -0.39 is 10.1 Å². The summed E-state index contributed by atoms with van der Waals surface area (Å²) in [6.07, 6.45) is 0.956. The predicted octanol–water partition coefficient (Wildman–Crippen LogP) is 9.67. The van der Waals surface area contributed by atoms with Gasteiger partial charge in [-0.1, -0.05) is 167 Å². The Kier molecular flexibility index (Phi) is 9.38. The van der Waals surface area contributed by atoms with Gasteiger partial charge >= 0.3 is 0 Å². The topological polar surface area (TPSA) is 57.2 Å². The summed E-state index contributed by atoms with van der Waals surface area (Å²) in [5.74, 6) is 0. The zero-order valence-electron chi connectivity index (χ0n) is 26.3. The van der Waals surface area contributed by atoms with E-state index in [0.717, 1.165) is 17.2 Å². The maximum Gasteiger partial charge on any atom is 0.124 e. The summed E-state index contributed by atoms with van der Waals surface area (Å²) < 4.78 is 32.2. The van der Waals surface area contributed by atoms with Gasteiger partial charge in [-0.2, -0.15) is 0 Å². The zero-order chi connectivity index (χ0) is 32.1. The molecule has 6 aromatic rings. The minimum absolute atomic E-state index is 0.00442. The maximum atomic E-state index is 10.7. The molecule has 0 aliphatic carbocycles. The molecule has 0 bridgehead atoms. The predicted molar refractivity (Wildman–Crippen MR) is 185 cm³/mol. The third-order valence-electron chi connectivity index (χ3n) is 8.76. The Labute approximate surface area is 268 Å². The van der Waals surface area contributed by atoms with Crippen LogP contribution in [0.4, 0.5) is 0 Å². The SMILES string of the molecule is CC(C)(c1ccccc1)c1ccc(Cc2ccc(C(C)(C)c3ccccc3)cc2)cc1.O=S(=O)([O-])c1ccc2ccccc2c1. The molecule has 0 N–H and O–H groups in total. The van der Waals surface area contributed by atoms with Crippen LogP contribution in [0.25, 0.3) is 10.8 Å². The van der Waals surface area contributed by atoms with Crippen molar-refractivity contribution < 1.29 is 13.0 Å². The lowest BCUT2D eigenvalue weighted by atomic mass is 9.77. The van der Waals surface area contributed by atoms with E-state index in [4.69, 9.17) is 0 Å². The highest BCUT2D eigenvalue weighted by atomic mass is 32.2. The van der Waals surface area contributed by atoms with Crippen molar-refractivity contribution in [3.05, 3.63) is 185 Å². The molecule has 6 aromatic carbocycles. The number of benzene rings is 6. The fourth-order valence-corrected chi connectivity index (χ4v) is 6.19. The van der Waals surface area contributed by atoms with Gasteiger partial charge in [-0.15, -0.1) is 0 Å². The molecule has 0 amide bonds. The van der Waals surface area contributed by atoms with Gasteiger partial charge in [0, 0.05) is 10.8 Å². The molecule has 0 aliphatic rings. The van der Waals surface area contributed by atoms with Gasteiger partial charge in [0.25, 0.3) is 0 Å². The quantitative estimate of drug-likeness (QED) is 0.169.